The molecule has 126 valence electrons. The molecule has 0 amide bonds. The lowest BCUT2D eigenvalue weighted by Crippen LogP contribution is -2.26. The van der Waals surface area contributed by atoms with Crippen LogP contribution in [-0.2, 0) is 4.74 Å². The molecule has 1 heterocycles. The zero-order valence-corrected chi connectivity index (χ0v) is 16.1. The van der Waals surface area contributed by atoms with Crippen molar-refractivity contribution < 1.29 is 14.3 Å². The fraction of sp³-hybridized carbons (Fsp3) is 0.368. The van der Waals surface area contributed by atoms with Crippen LogP contribution in [0.4, 0.5) is 4.79 Å². The lowest BCUT2D eigenvalue weighted by Gasteiger charge is -2.19. The Morgan fingerprint density at radius 2 is 1.75 bits per heavy atom. The Morgan fingerprint density at radius 1 is 1.12 bits per heavy atom. The first-order chi connectivity index (χ1) is 11.0. The highest BCUT2D eigenvalue weighted by atomic mass is 28.3. The van der Waals surface area contributed by atoms with Crippen molar-refractivity contribution in [2.75, 3.05) is 0 Å². The summed E-state index contributed by atoms with van der Waals surface area (Å²) in [6.07, 6.45) is 1.02. The van der Waals surface area contributed by atoms with Crippen LogP contribution in [-0.4, -0.2) is 30.1 Å². The van der Waals surface area contributed by atoms with Gasteiger partial charge in [-0.05, 0) is 32.8 Å². The van der Waals surface area contributed by atoms with Crippen LogP contribution >= 0.6 is 0 Å². The molecule has 0 aliphatic heterocycles. The number of rotatable bonds is 1. The SMILES string of the molecule is CC(C)(C)OC(=O)n1cc(C(=O)C#C[Si](C)(C)C)c2ccccc21. The molecule has 0 spiro atoms. The molecular formula is C19H23NO3Si. The third kappa shape index (κ3) is 4.36. The van der Waals surface area contributed by atoms with Gasteiger partial charge in [0.15, 0.2) is 0 Å². The standard InChI is InChI=1S/C19H23NO3Si/c1-19(2,3)23-18(22)20-13-15(14-9-7-8-10-16(14)20)17(21)11-12-24(4,5)6/h7-10,13H,1-6H3. The largest absolute Gasteiger partial charge is 0.443 e. The summed E-state index contributed by atoms with van der Waals surface area (Å²) in [5.41, 5.74) is 3.54. The van der Waals surface area contributed by atoms with Crippen LogP contribution in [0.1, 0.15) is 31.1 Å². The summed E-state index contributed by atoms with van der Waals surface area (Å²) >= 11 is 0. The number of aromatic nitrogens is 1. The second-order valence-electron chi connectivity index (χ2n) is 7.74. The number of para-hydroxylation sites is 1. The normalized spacial score (nSPS) is 11.8. The van der Waals surface area contributed by atoms with Gasteiger partial charge in [-0.15, -0.1) is 5.54 Å². The van der Waals surface area contributed by atoms with Crippen LogP contribution in [0.15, 0.2) is 30.5 Å². The lowest BCUT2D eigenvalue weighted by molar-refractivity contribution is 0.0544. The molecule has 0 atom stereocenters. The number of carbonyl (C=O) groups is 2. The van der Waals surface area contributed by atoms with Gasteiger partial charge in [-0.3, -0.25) is 9.36 Å². The molecule has 0 aliphatic carbocycles. The van der Waals surface area contributed by atoms with Gasteiger partial charge in [0.05, 0.1) is 11.1 Å². The summed E-state index contributed by atoms with van der Waals surface area (Å²) in [7, 11) is -1.65. The summed E-state index contributed by atoms with van der Waals surface area (Å²) in [5.74, 6) is 2.47. The number of ketones is 1. The predicted octanol–water partition coefficient (Wildman–Crippen LogP) is 4.49. The van der Waals surface area contributed by atoms with Crippen molar-refractivity contribution in [1.82, 2.24) is 4.57 Å². The molecule has 0 saturated heterocycles. The maximum atomic E-state index is 12.5. The zero-order chi connectivity index (χ0) is 18.1. The number of hydrogen-bond acceptors (Lipinski definition) is 3. The summed E-state index contributed by atoms with van der Waals surface area (Å²) < 4.78 is 6.80. The molecule has 0 N–H and O–H groups in total. The summed E-state index contributed by atoms with van der Waals surface area (Å²) in [4.78, 5) is 24.9. The van der Waals surface area contributed by atoms with Gasteiger partial charge in [0.25, 0.3) is 0 Å². The molecular weight excluding hydrogens is 318 g/mol. The average molecular weight is 341 g/mol. The molecule has 0 aliphatic rings. The van der Waals surface area contributed by atoms with Crippen molar-refractivity contribution in [3.05, 3.63) is 36.0 Å². The van der Waals surface area contributed by atoms with E-state index in [4.69, 9.17) is 4.74 Å². The van der Waals surface area contributed by atoms with Crippen molar-refractivity contribution in [3.8, 4) is 11.5 Å². The minimum absolute atomic E-state index is 0.268. The first-order valence-electron chi connectivity index (χ1n) is 7.89. The first kappa shape index (κ1) is 18.0. The first-order valence-corrected chi connectivity index (χ1v) is 11.4. The Morgan fingerprint density at radius 3 is 2.33 bits per heavy atom. The van der Waals surface area contributed by atoms with Gasteiger partial charge in [-0.25, -0.2) is 4.79 Å². The van der Waals surface area contributed by atoms with E-state index in [9.17, 15) is 9.59 Å². The van der Waals surface area contributed by atoms with E-state index in [0.717, 1.165) is 0 Å². The molecule has 2 rings (SSSR count). The van der Waals surface area contributed by atoms with Gasteiger partial charge in [0.2, 0.25) is 5.78 Å². The third-order valence-corrected chi connectivity index (χ3v) is 3.97. The predicted molar refractivity (Wildman–Crippen MR) is 99.0 cm³/mol. The molecule has 24 heavy (non-hydrogen) atoms. The summed E-state index contributed by atoms with van der Waals surface area (Å²) in [6.45, 7) is 11.7. The molecule has 5 heteroatoms. The highest BCUT2D eigenvalue weighted by molar-refractivity contribution is 6.84. The van der Waals surface area contributed by atoms with Gasteiger partial charge < -0.3 is 4.74 Å². The number of benzene rings is 1. The number of fused-ring (bicyclic) bond motifs is 1. The van der Waals surface area contributed by atoms with E-state index in [-0.39, 0.29) is 5.78 Å². The summed E-state index contributed by atoms with van der Waals surface area (Å²) in [6, 6.07) is 7.28. The second kappa shape index (κ2) is 6.29. The summed E-state index contributed by atoms with van der Waals surface area (Å²) in [5, 5.41) is 0.707. The molecule has 0 fully saturated rings. The zero-order valence-electron chi connectivity index (χ0n) is 15.1. The Kier molecular flexibility index (Phi) is 4.72. The molecule has 2 aromatic rings. The van der Waals surface area contributed by atoms with Crippen molar-refractivity contribution in [2.24, 2.45) is 0 Å². The molecule has 0 radical (unpaired) electrons. The molecule has 0 bridgehead atoms. The van der Waals surface area contributed by atoms with Crippen molar-refractivity contribution in [1.29, 1.82) is 0 Å². The number of carbonyl (C=O) groups excluding carboxylic acids is 2. The average Bonchev–Trinajstić information content (AvgIpc) is 2.82. The van der Waals surface area contributed by atoms with Crippen molar-refractivity contribution in [3.63, 3.8) is 0 Å². The second-order valence-corrected chi connectivity index (χ2v) is 12.5. The molecule has 1 aromatic heterocycles. The van der Waals surface area contributed by atoms with Gasteiger partial charge in [0, 0.05) is 11.6 Å². The minimum Gasteiger partial charge on any atom is -0.443 e. The lowest BCUT2D eigenvalue weighted by atomic mass is 10.1. The molecule has 4 nitrogen and oxygen atoms in total. The topological polar surface area (TPSA) is 48.3 Å². The number of ether oxygens (including phenoxy) is 1. The Labute approximate surface area is 143 Å². The van der Waals surface area contributed by atoms with Crippen LogP contribution in [0.2, 0.25) is 19.6 Å². The van der Waals surface area contributed by atoms with E-state index in [2.05, 4.69) is 31.1 Å². The van der Waals surface area contributed by atoms with Gasteiger partial charge in [-0.1, -0.05) is 37.8 Å². The van der Waals surface area contributed by atoms with E-state index >= 15 is 0 Å². The maximum absolute atomic E-state index is 12.5. The van der Waals surface area contributed by atoms with Gasteiger partial charge in [-0.2, -0.15) is 0 Å². The molecule has 0 unspecified atom stereocenters. The number of nitrogens with zero attached hydrogens (tertiary/aromatic N) is 1. The van der Waals surface area contributed by atoms with E-state index in [1.165, 1.54) is 10.8 Å². The van der Waals surface area contributed by atoms with E-state index in [0.29, 0.717) is 16.5 Å². The number of Topliss-reactive ketones (excluding diaryl/α,β-unsaturated/α-hetero) is 1. The fourth-order valence-electron chi connectivity index (χ4n) is 2.13. The van der Waals surface area contributed by atoms with Crippen LogP contribution in [0.3, 0.4) is 0 Å². The molecule has 1 aromatic carbocycles. The minimum atomic E-state index is -1.65. The van der Waals surface area contributed by atoms with E-state index < -0.39 is 19.8 Å². The van der Waals surface area contributed by atoms with E-state index in [1.807, 2.05) is 39.0 Å². The highest BCUT2D eigenvalue weighted by Gasteiger charge is 2.22. The van der Waals surface area contributed by atoms with Crippen LogP contribution in [0, 0.1) is 11.5 Å². The third-order valence-electron chi connectivity index (χ3n) is 3.10. The van der Waals surface area contributed by atoms with E-state index in [1.54, 1.807) is 6.07 Å². The van der Waals surface area contributed by atoms with Crippen molar-refractivity contribution >= 4 is 30.9 Å². The smallest absolute Gasteiger partial charge is 0.419 e. The number of hydrogen-bond donors (Lipinski definition) is 0. The molecule has 0 saturated carbocycles. The Balaban J connectivity index is 2.51. The Bertz CT molecular complexity index is 855. The fourth-order valence-corrected chi connectivity index (χ4v) is 2.62. The quantitative estimate of drug-likeness (QED) is 0.436. The van der Waals surface area contributed by atoms with Crippen LogP contribution in [0.5, 0.6) is 0 Å². The maximum Gasteiger partial charge on any atom is 0.419 e. The van der Waals surface area contributed by atoms with Crippen LogP contribution in [0.25, 0.3) is 10.9 Å². The Hall–Kier alpha value is -2.32. The van der Waals surface area contributed by atoms with Gasteiger partial charge >= 0.3 is 6.09 Å². The van der Waals surface area contributed by atoms with Crippen molar-refractivity contribution in [2.45, 2.75) is 46.0 Å². The van der Waals surface area contributed by atoms with Gasteiger partial charge in [0.1, 0.15) is 13.7 Å². The van der Waals surface area contributed by atoms with Crippen LogP contribution < -0.4 is 0 Å². The highest BCUT2D eigenvalue weighted by Crippen LogP contribution is 2.23. The monoisotopic (exact) mass is 341 g/mol.